The van der Waals surface area contributed by atoms with Gasteiger partial charge in [0.2, 0.25) is 5.91 Å². The van der Waals surface area contributed by atoms with Crippen LogP contribution in [0.4, 0.5) is 0 Å². The largest absolute Gasteiger partial charge is 0.368 e. The van der Waals surface area contributed by atoms with Crippen molar-refractivity contribution in [3.05, 3.63) is 0 Å². The van der Waals surface area contributed by atoms with Crippen molar-refractivity contribution < 1.29 is 4.79 Å². The molecule has 4 heteroatoms. The van der Waals surface area contributed by atoms with Crippen LogP contribution < -0.4 is 11.1 Å². The van der Waals surface area contributed by atoms with E-state index in [2.05, 4.69) is 31.0 Å². The molecule has 0 saturated heterocycles. The lowest BCUT2D eigenvalue weighted by molar-refractivity contribution is -0.126. The molecule has 106 valence electrons. The van der Waals surface area contributed by atoms with Crippen LogP contribution >= 0.6 is 0 Å². The van der Waals surface area contributed by atoms with Gasteiger partial charge in [-0.2, -0.15) is 0 Å². The summed E-state index contributed by atoms with van der Waals surface area (Å²) in [6.45, 7) is 10.5. The molecule has 1 amide bonds. The molecule has 1 aliphatic rings. The van der Waals surface area contributed by atoms with E-state index in [1.54, 1.807) is 0 Å². The van der Waals surface area contributed by atoms with E-state index in [-0.39, 0.29) is 5.91 Å². The van der Waals surface area contributed by atoms with Gasteiger partial charge in [-0.1, -0.05) is 20.8 Å². The Hall–Kier alpha value is -0.610. The fraction of sp³-hybridized carbons (Fsp3) is 0.929. The van der Waals surface area contributed by atoms with Crippen LogP contribution in [-0.2, 0) is 4.79 Å². The van der Waals surface area contributed by atoms with Crippen LogP contribution in [0.3, 0.4) is 0 Å². The standard InChI is InChI=1S/C14H29N3O/c1-4-17(5-2)11-10-16-14(13(15)18)8-6-12(3)7-9-14/h12,16H,4-11H2,1-3H3,(H2,15,18). The summed E-state index contributed by atoms with van der Waals surface area (Å²) in [6.07, 6.45) is 3.98. The second kappa shape index (κ2) is 7.10. The van der Waals surface area contributed by atoms with Crippen LogP contribution in [0, 0.1) is 5.92 Å². The molecule has 1 aliphatic carbocycles. The van der Waals surface area contributed by atoms with Crippen molar-refractivity contribution in [2.24, 2.45) is 11.7 Å². The van der Waals surface area contributed by atoms with E-state index in [1.165, 1.54) is 0 Å². The molecule has 0 radical (unpaired) electrons. The number of nitrogens with two attached hydrogens (primary N) is 1. The van der Waals surface area contributed by atoms with E-state index in [0.717, 1.165) is 57.8 Å². The molecular formula is C14H29N3O. The molecule has 0 aliphatic heterocycles. The van der Waals surface area contributed by atoms with Gasteiger partial charge in [0.1, 0.15) is 0 Å². The molecule has 0 heterocycles. The Morgan fingerprint density at radius 2 is 1.89 bits per heavy atom. The van der Waals surface area contributed by atoms with Crippen molar-refractivity contribution in [3.8, 4) is 0 Å². The smallest absolute Gasteiger partial charge is 0.237 e. The summed E-state index contributed by atoms with van der Waals surface area (Å²) in [5.41, 5.74) is 5.17. The fourth-order valence-corrected chi connectivity index (χ4v) is 2.76. The van der Waals surface area contributed by atoms with Crippen molar-refractivity contribution in [1.29, 1.82) is 0 Å². The molecule has 1 fully saturated rings. The van der Waals surface area contributed by atoms with Crippen molar-refractivity contribution in [1.82, 2.24) is 10.2 Å². The number of likely N-dealkylation sites (N-methyl/N-ethyl adjacent to an activating group) is 1. The fourth-order valence-electron chi connectivity index (χ4n) is 2.76. The van der Waals surface area contributed by atoms with Crippen LogP contribution in [0.25, 0.3) is 0 Å². The zero-order chi connectivity index (χ0) is 13.6. The average Bonchev–Trinajstić information content (AvgIpc) is 2.37. The summed E-state index contributed by atoms with van der Waals surface area (Å²) < 4.78 is 0. The minimum atomic E-state index is -0.445. The van der Waals surface area contributed by atoms with E-state index >= 15 is 0 Å². The number of hydrogen-bond donors (Lipinski definition) is 2. The highest BCUT2D eigenvalue weighted by Crippen LogP contribution is 2.31. The maximum atomic E-state index is 11.7. The topological polar surface area (TPSA) is 58.4 Å². The third-order valence-corrected chi connectivity index (χ3v) is 4.39. The van der Waals surface area contributed by atoms with Gasteiger partial charge in [-0.25, -0.2) is 0 Å². The Morgan fingerprint density at radius 3 is 2.33 bits per heavy atom. The van der Waals surface area contributed by atoms with E-state index in [1.807, 2.05) is 0 Å². The Bertz CT molecular complexity index is 256. The first-order valence-corrected chi connectivity index (χ1v) is 7.31. The van der Waals surface area contributed by atoms with E-state index in [9.17, 15) is 4.79 Å². The Kier molecular flexibility index (Phi) is 6.09. The lowest BCUT2D eigenvalue weighted by atomic mass is 9.76. The van der Waals surface area contributed by atoms with E-state index in [4.69, 9.17) is 5.73 Å². The zero-order valence-electron chi connectivity index (χ0n) is 12.2. The van der Waals surface area contributed by atoms with Crippen molar-refractivity contribution in [3.63, 3.8) is 0 Å². The van der Waals surface area contributed by atoms with Crippen molar-refractivity contribution >= 4 is 5.91 Å². The first kappa shape index (κ1) is 15.4. The predicted molar refractivity (Wildman–Crippen MR) is 75.3 cm³/mol. The van der Waals surface area contributed by atoms with E-state index in [0.29, 0.717) is 0 Å². The zero-order valence-corrected chi connectivity index (χ0v) is 12.2. The van der Waals surface area contributed by atoms with Crippen molar-refractivity contribution in [2.75, 3.05) is 26.2 Å². The number of nitrogens with zero attached hydrogens (tertiary/aromatic N) is 1. The minimum absolute atomic E-state index is 0.172. The summed E-state index contributed by atoms with van der Waals surface area (Å²) in [5, 5.41) is 3.44. The van der Waals surface area contributed by atoms with Crippen LogP contribution in [0.15, 0.2) is 0 Å². The lowest BCUT2D eigenvalue weighted by Crippen LogP contribution is -2.58. The summed E-state index contributed by atoms with van der Waals surface area (Å²) >= 11 is 0. The lowest BCUT2D eigenvalue weighted by Gasteiger charge is -2.38. The highest BCUT2D eigenvalue weighted by Gasteiger charge is 2.38. The van der Waals surface area contributed by atoms with Crippen LogP contribution in [0.2, 0.25) is 0 Å². The summed E-state index contributed by atoms with van der Waals surface area (Å²) in [7, 11) is 0. The molecule has 0 aromatic carbocycles. The van der Waals surface area contributed by atoms with Gasteiger partial charge in [0.05, 0.1) is 5.54 Å². The maximum Gasteiger partial charge on any atom is 0.237 e. The average molecular weight is 255 g/mol. The third-order valence-electron chi connectivity index (χ3n) is 4.39. The predicted octanol–water partition coefficient (Wildman–Crippen LogP) is 1.35. The van der Waals surface area contributed by atoms with Crippen LogP contribution in [-0.4, -0.2) is 42.5 Å². The number of primary amides is 1. The van der Waals surface area contributed by atoms with Gasteiger partial charge in [0.25, 0.3) is 0 Å². The monoisotopic (exact) mass is 255 g/mol. The number of nitrogens with one attached hydrogen (secondary N) is 1. The molecule has 0 unspecified atom stereocenters. The number of amides is 1. The van der Waals surface area contributed by atoms with Gasteiger partial charge < -0.3 is 16.0 Å². The molecule has 0 spiro atoms. The second-order valence-corrected chi connectivity index (χ2v) is 5.58. The molecule has 0 aromatic heterocycles. The molecule has 4 nitrogen and oxygen atoms in total. The quantitative estimate of drug-likeness (QED) is 0.722. The summed E-state index contributed by atoms with van der Waals surface area (Å²) in [4.78, 5) is 14.1. The van der Waals surface area contributed by atoms with Crippen LogP contribution in [0.1, 0.15) is 46.5 Å². The molecule has 0 bridgehead atoms. The van der Waals surface area contributed by atoms with Gasteiger partial charge in [-0.05, 0) is 44.7 Å². The number of rotatable bonds is 7. The first-order chi connectivity index (χ1) is 8.54. The Labute approximate surface area is 111 Å². The SMILES string of the molecule is CCN(CC)CCNC1(C(N)=O)CCC(C)CC1. The second-order valence-electron chi connectivity index (χ2n) is 5.58. The molecule has 1 rings (SSSR count). The third kappa shape index (κ3) is 3.95. The molecule has 1 saturated carbocycles. The number of hydrogen-bond acceptors (Lipinski definition) is 3. The number of carbonyl (C=O) groups is 1. The van der Waals surface area contributed by atoms with Gasteiger partial charge in [0.15, 0.2) is 0 Å². The summed E-state index contributed by atoms with van der Waals surface area (Å²) in [6, 6.07) is 0. The van der Waals surface area contributed by atoms with Crippen molar-refractivity contribution in [2.45, 2.75) is 52.0 Å². The first-order valence-electron chi connectivity index (χ1n) is 7.31. The molecule has 18 heavy (non-hydrogen) atoms. The Morgan fingerprint density at radius 1 is 1.33 bits per heavy atom. The summed E-state index contributed by atoms with van der Waals surface area (Å²) in [5.74, 6) is 0.552. The highest BCUT2D eigenvalue weighted by molar-refractivity contribution is 5.84. The molecule has 0 atom stereocenters. The number of carbonyl (C=O) groups excluding carboxylic acids is 1. The minimum Gasteiger partial charge on any atom is -0.368 e. The maximum absolute atomic E-state index is 11.7. The molecule has 0 aromatic rings. The van der Waals surface area contributed by atoms with Gasteiger partial charge >= 0.3 is 0 Å². The van der Waals surface area contributed by atoms with Gasteiger partial charge in [-0.15, -0.1) is 0 Å². The molecule has 3 N–H and O–H groups in total. The van der Waals surface area contributed by atoms with Gasteiger partial charge in [-0.3, -0.25) is 4.79 Å². The molecular weight excluding hydrogens is 226 g/mol. The van der Waals surface area contributed by atoms with Crippen LogP contribution in [0.5, 0.6) is 0 Å². The van der Waals surface area contributed by atoms with Gasteiger partial charge in [0, 0.05) is 13.1 Å². The van der Waals surface area contributed by atoms with E-state index < -0.39 is 5.54 Å². The highest BCUT2D eigenvalue weighted by atomic mass is 16.1. The normalized spacial score (nSPS) is 28.6. The Balaban J connectivity index is 2.46.